The number of fused-ring (bicyclic) bond motifs is 1. The lowest BCUT2D eigenvalue weighted by Gasteiger charge is -2.55. The van der Waals surface area contributed by atoms with E-state index in [-0.39, 0.29) is 30.1 Å². The molecule has 0 aromatic heterocycles. The Balaban J connectivity index is 1.33. The van der Waals surface area contributed by atoms with Crippen LogP contribution in [-0.4, -0.2) is 49.3 Å². The first-order valence-corrected chi connectivity index (χ1v) is 13.4. The van der Waals surface area contributed by atoms with Crippen molar-refractivity contribution in [2.24, 2.45) is 11.8 Å². The number of ether oxygens (including phenoxy) is 2. The van der Waals surface area contributed by atoms with Gasteiger partial charge in [-0.15, -0.1) is 0 Å². The number of rotatable bonds is 7. The fraction of sp³-hybridized carbons (Fsp3) is 0.533. The van der Waals surface area contributed by atoms with Gasteiger partial charge in [-0.1, -0.05) is 42.5 Å². The summed E-state index contributed by atoms with van der Waals surface area (Å²) in [6, 6.07) is 17.9. The number of hydrogen-bond acceptors (Lipinski definition) is 4. The van der Waals surface area contributed by atoms with E-state index in [1.807, 2.05) is 42.5 Å². The summed E-state index contributed by atoms with van der Waals surface area (Å²) in [5, 5.41) is 3.17. The highest BCUT2D eigenvalue weighted by atomic mass is 16.5. The van der Waals surface area contributed by atoms with Crippen LogP contribution in [0.5, 0.6) is 5.75 Å². The Morgan fingerprint density at radius 2 is 1.86 bits per heavy atom. The number of alkyl carbamates (subject to hydrolysis) is 1. The number of hydrogen-bond donors (Lipinski definition) is 1. The van der Waals surface area contributed by atoms with Gasteiger partial charge in [-0.25, -0.2) is 4.79 Å². The minimum atomic E-state index is -0.351. The van der Waals surface area contributed by atoms with Gasteiger partial charge in [0, 0.05) is 36.6 Å². The second kappa shape index (κ2) is 10.3. The Hall–Kier alpha value is -2.86. The summed E-state index contributed by atoms with van der Waals surface area (Å²) < 4.78 is 12.1. The van der Waals surface area contributed by atoms with Crippen molar-refractivity contribution in [3.63, 3.8) is 0 Å². The first-order chi connectivity index (χ1) is 17.3. The van der Waals surface area contributed by atoms with Crippen molar-refractivity contribution in [2.75, 3.05) is 26.7 Å². The second-order valence-corrected chi connectivity index (χ2v) is 11.6. The first kappa shape index (κ1) is 24.8. The van der Waals surface area contributed by atoms with Crippen LogP contribution in [0.4, 0.5) is 4.79 Å². The number of likely N-dealkylation sites (tertiary alicyclic amines) is 1. The van der Waals surface area contributed by atoms with E-state index in [1.165, 1.54) is 38.4 Å². The molecule has 4 atom stereocenters. The van der Waals surface area contributed by atoms with Crippen LogP contribution in [-0.2, 0) is 21.6 Å². The average molecular weight is 492 g/mol. The molecule has 3 fully saturated rings. The summed E-state index contributed by atoms with van der Waals surface area (Å²) in [5.41, 5.74) is 2.16. The van der Waals surface area contributed by atoms with Crippen LogP contribution in [0, 0.1) is 11.8 Å². The molecule has 2 aromatic rings. The maximum atomic E-state index is 12.7. The molecule has 1 amide bonds. The summed E-state index contributed by atoms with van der Waals surface area (Å²) >= 11 is 0. The summed E-state index contributed by atoms with van der Waals surface area (Å²) in [5.74, 6) is 1.72. The Bertz CT molecular complexity index is 1090. The fourth-order valence-corrected chi connectivity index (χ4v) is 6.73. The fourth-order valence-electron chi connectivity index (χ4n) is 6.73. The maximum absolute atomic E-state index is 12.7. The van der Waals surface area contributed by atoms with Gasteiger partial charge in [0.05, 0.1) is 26.7 Å². The monoisotopic (exact) mass is 491 g/mol. The van der Waals surface area contributed by atoms with E-state index in [9.17, 15) is 9.59 Å². The van der Waals surface area contributed by atoms with E-state index in [1.54, 1.807) is 0 Å². The van der Waals surface area contributed by atoms with Crippen molar-refractivity contribution in [1.82, 2.24) is 5.32 Å². The number of nitrogens with zero attached hydrogens (tertiary/aromatic N) is 1. The minimum Gasteiger partial charge on any atom is -0.445 e. The molecule has 2 aromatic carbocycles. The number of piperidine rings is 1. The molecule has 5 rings (SSSR count). The third kappa shape index (κ3) is 5.75. The van der Waals surface area contributed by atoms with Gasteiger partial charge < -0.3 is 19.3 Å². The molecule has 1 saturated heterocycles. The largest absolute Gasteiger partial charge is 0.445 e. The standard InChI is InChI=1S/C30H38N2O4/c1-22(33)36-28-10-6-9-25(17-28)30-15-16-32(2,19-23-11-12-23)20-26(30)13-14-27(18-30)31-29(34)35-21-24-7-4-3-5-8-24/h3-10,17,23,26-27H,11-16,18-21H2,1-2H3/p+1/t26?,27-,30-,32+/m0/s1. The zero-order valence-corrected chi connectivity index (χ0v) is 21.6. The third-order valence-electron chi connectivity index (χ3n) is 8.62. The van der Waals surface area contributed by atoms with Crippen LogP contribution in [0.15, 0.2) is 54.6 Å². The Morgan fingerprint density at radius 3 is 2.61 bits per heavy atom. The lowest BCUT2D eigenvalue weighted by molar-refractivity contribution is -0.921. The third-order valence-corrected chi connectivity index (χ3v) is 8.62. The summed E-state index contributed by atoms with van der Waals surface area (Å²) in [7, 11) is 2.43. The topological polar surface area (TPSA) is 64.6 Å². The molecule has 36 heavy (non-hydrogen) atoms. The average Bonchev–Trinajstić information content (AvgIpc) is 3.67. The predicted octanol–water partition coefficient (Wildman–Crippen LogP) is 5.21. The van der Waals surface area contributed by atoms with Crippen molar-refractivity contribution >= 4 is 12.1 Å². The molecule has 1 aliphatic heterocycles. The highest BCUT2D eigenvalue weighted by molar-refractivity contribution is 5.69. The van der Waals surface area contributed by atoms with Crippen LogP contribution >= 0.6 is 0 Å². The van der Waals surface area contributed by atoms with Gasteiger partial charge >= 0.3 is 12.1 Å². The highest BCUT2D eigenvalue weighted by Crippen LogP contribution is 2.51. The predicted molar refractivity (Wildman–Crippen MR) is 138 cm³/mol. The molecule has 0 radical (unpaired) electrons. The summed E-state index contributed by atoms with van der Waals surface area (Å²) in [6.45, 7) is 5.30. The van der Waals surface area contributed by atoms with Crippen molar-refractivity contribution in [3.05, 3.63) is 65.7 Å². The van der Waals surface area contributed by atoms with Crippen LogP contribution in [0.25, 0.3) is 0 Å². The molecule has 0 bridgehead atoms. The maximum Gasteiger partial charge on any atom is 0.407 e. The van der Waals surface area contributed by atoms with Gasteiger partial charge in [0.1, 0.15) is 12.4 Å². The van der Waals surface area contributed by atoms with Crippen LogP contribution in [0.1, 0.15) is 56.6 Å². The van der Waals surface area contributed by atoms with Crippen LogP contribution in [0.2, 0.25) is 0 Å². The van der Waals surface area contributed by atoms with E-state index in [2.05, 4.69) is 24.5 Å². The molecule has 1 unspecified atom stereocenters. The molecule has 6 nitrogen and oxygen atoms in total. The molecule has 0 spiro atoms. The molecule has 3 aliphatic rings. The van der Waals surface area contributed by atoms with Gasteiger partial charge in [-0.3, -0.25) is 4.79 Å². The number of benzene rings is 2. The van der Waals surface area contributed by atoms with E-state index in [0.717, 1.165) is 48.2 Å². The van der Waals surface area contributed by atoms with Crippen LogP contribution in [0.3, 0.4) is 0 Å². The molecule has 1 N–H and O–H groups in total. The molecule has 6 heteroatoms. The Labute approximate surface area is 214 Å². The van der Waals surface area contributed by atoms with Gasteiger partial charge in [0.2, 0.25) is 0 Å². The quantitative estimate of drug-likeness (QED) is 0.328. The number of quaternary nitrogens is 1. The van der Waals surface area contributed by atoms with E-state index >= 15 is 0 Å². The van der Waals surface area contributed by atoms with Gasteiger partial charge in [0.25, 0.3) is 0 Å². The normalized spacial score (nSPS) is 29.6. The molecular formula is C30H39N2O4+. The molecule has 1 heterocycles. The zero-order valence-electron chi connectivity index (χ0n) is 21.6. The minimum absolute atomic E-state index is 0.0485. The SMILES string of the molecule is CC(=O)Oc1cccc([C@@]23CC[N@+](C)(CC4CC4)CC2CC[C@H](NC(=O)OCc2ccccc2)C3)c1. The van der Waals surface area contributed by atoms with Crippen LogP contribution < -0.4 is 10.1 Å². The lowest BCUT2D eigenvalue weighted by atomic mass is 9.57. The lowest BCUT2D eigenvalue weighted by Crippen LogP contribution is -2.62. The van der Waals surface area contributed by atoms with Crippen molar-refractivity contribution in [3.8, 4) is 5.75 Å². The first-order valence-electron chi connectivity index (χ1n) is 13.4. The zero-order chi connectivity index (χ0) is 25.2. The molecule has 192 valence electrons. The van der Waals surface area contributed by atoms with E-state index < -0.39 is 0 Å². The van der Waals surface area contributed by atoms with Crippen molar-refractivity contribution in [1.29, 1.82) is 0 Å². The van der Waals surface area contributed by atoms with E-state index in [0.29, 0.717) is 11.7 Å². The second-order valence-electron chi connectivity index (χ2n) is 11.6. The highest BCUT2D eigenvalue weighted by Gasteiger charge is 2.53. The Morgan fingerprint density at radius 1 is 1.06 bits per heavy atom. The summed E-state index contributed by atoms with van der Waals surface area (Å²) in [6.07, 6.45) is 6.39. The number of carbonyl (C=O) groups is 2. The smallest absolute Gasteiger partial charge is 0.407 e. The number of nitrogens with one attached hydrogen (secondary N) is 1. The Kier molecular flexibility index (Phi) is 7.07. The van der Waals surface area contributed by atoms with Crippen molar-refractivity contribution in [2.45, 2.75) is 63.5 Å². The van der Waals surface area contributed by atoms with Gasteiger partial charge in [-0.2, -0.15) is 0 Å². The molecular weight excluding hydrogens is 452 g/mol. The number of esters is 1. The molecule has 2 aliphatic carbocycles. The van der Waals surface area contributed by atoms with Gasteiger partial charge in [0.15, 0.2) is 0 Å². The molecule has 2 saturated carbocycles. The number of carbonyl (C=O) groups excluding carboxylic acids is 2. The summed E-state index contributed by atoms with van der Waals surface area (Å²) in [4.78, 5) is 24.3. The van der Waals surface area contributed by atoms with E-state index in [4.69, 9.17) is 9.47 Å². The van der Waals surface area contributed by atoms with Crippen molar-refractivity contribution < 1.29 is 23.5 Å². The number of amides is 1. The van der Waals surface area contributed by atoms with Gasteiger partial charge in [-0.05, 0) is 55.4 Å².